The van der Waals surface area contributed by atoms with E-state index in [-0.39, 0.29) is 22.6 Å². The third-order valence-electron chi connectivity index (χ3n) is 7.96. The number of anilines is 3. The number of carbonyl (C=O) groups is 2. The summed E-state index contributed by atoms with van der Waals surface area (Å²) in [5.41, 5.74) is 6.34. The van der Waals surface area contributed by atoms with Gasteiger partial charge in [-0.3, -0.25) is 9.59 Å². The van der Waals surface area contributed by atoms with Gasteiger partial charge < -0.3 is 4.90 Å². The van der Waals surface area contributed by atoms with E-state index in [9.17, 15) is 9.59 Å². The molecule has 2 aromatic heterocycles. The molecule has 0 spiro atoms. The van der Waals surface area contributed by atoms with Gasteiger partial charge in [0.15, 0.2) is 11.6 Å². The SMILES string of the molecule is CC1(C)c2cc(C=C3C(=O)c4cscc4C3=O)sc2N2c3ccccc3[Si](C)(C)c3cccc1c32. The Morgan fingerprint density at radius 1 is 0.886 bits per heavy atom. The lowest BCUT2D eigenvalue weighted by Gasteiger charge is -2.47. The Kier molecular flexibility index (Phi) is 4.12. The number of para-hydroxylation sites is 2. The zero-order chi connectivity index (χ0) is 24.3. The van der Waals surface area contributed by atoms with Crippen LogP contribution in [-0.4, -0.2) is 19.6 Å². The largest absolute Gasteiger partial charge is 0.302 e. The van der Waals surface area contributed by atoms with Gasteiger partial charge in [-0.05, 0) is 39.7 Å². The van der Waals surface area contributed by atoms with Crippen molar-refractivity contribution in [2.24, 2.45) is 0 Å². The van der Waals surface area contributed by atoms with Gasteiger partial charge in [-0.2, -0.15) is 11.3 Å². The van der Waals surface area contributed by atoms with Crippen LogP contribution in [0.5, 0.6) is 0 Å². The molecule has 0 radical (unpaired) electrons. The standard InChI is InChI=1S/C29H23NO2S2Si/c1-29(2)20-8-7-11-24-25(20)30(22-9-5-6-10-23(22)35(24,3)4)28-21(29)13-16(34-28)12-17-26(31)18-14-33-15-19(18)27(17)32/h5-15H,1-4H3. The summed E-state index contributed by atoms with van der Waals surface area (Å²) >= 11 is 3.08. The molecule has 0 fully saturated rings. The number of rotatable bonds is 1. The number of benzene rings is 2. The summed E-state index contributed by atoms with van der Waals surface area (Å²) < 4.78 is 0. The summed E-state index contributed by atoms with van der Waals surface area (Å²) in [6, 6.07) is 17.8. The van der Waals surface area contributed by atoms with Crippen molar-refractivity contribution in [3.63, 3.8) is 0 Å². The van der Waals surface area contributed by atoms with Crippen LogP contribution in [0, 0.1) is 0 Å². The number of thiophene rings is 2. The second kappa shape index (κ2) is 6.78. The van der Waals surface area contributed by atoms with Crippen molar-refractivity contribution in [3.05, 3.63) is 92.0 Å². The number of Topliss-reactive ketones (excluding diaryl/α,β-unsaturated/α-hetero) is 2. The second-order valence-corrected chi connectivity index (χ2v) is 16.7. The van der Waals surface area contributed by atoms with Crippen molar-refractivity contribution in [1.29, 1.82) is 0 Å². The molecule has 3 nitrogen and oxygen atoms in total. The molecule has 3 aliphatic rings. The van der Waals surface area contributed by atoms with Crippen LogP contribution in [0.25, 0.3) is 6.08 Å². The quantitative estimate of drug-likeness (QED) is 0.167. The highest BCUT2D eigenvalue weighted by molar-refractivity contribution is 7.17. The summed E-state index contributed by atoms with van der Waals surface area (Å²) in [5, 5.41) is 7.66. The lowest BCUT2D eigenvalue weighted by atomic mass is 9.75. The van der Waals surface area contributed by atoms with Crippen LogP contribution in [0.4, 0.5) is 16.4 Å². The van der Waals surface area contributed by atoms with E-state index < -0.39 is 8.07 Å². The molecule has 0 N–H and O–H groups in total. The molecule has 172 valence electrons. The fraction of sp³-hybridized carbons (Fsp3) is 0.172. The van der Waals surface area contributed by atoms with Crippen LogP contribution in [0.1, 0.15) is 50.6 Å². The third-order valence-corrected chi connectivity index (χ3v) is 13.3. The summed E-state index contributed by atoms with van der Waals surface area (Å²) in [6.07, 6.45) is 1.81. The minimum atomic E-state index is -1.88. The highest BCUT2D eigenvalue weighted by Crippen LogP contribution is 2.56. The molecule has 0 amide bonds. The number of hydrogen-bond acceptors (Lipinski definition) is 5. The maximum atomic E-state index is 12.9. The summed E-state index contributed by atoms with van der Waals surface area (Å²) in [5.74, 6) is -0.308. The summed E-state index contributed by atoms with van der Waals surface area (Å²) in [4.78, 5) is 29.3. The Hall–Kier alpha value is -3.06. The average molecular weight is 510 g/mol. The first-order valence-electron chi connectivity index (χ1n) is 11.8. The smallest absolute Gasteiger partial charge is 0.198 e. The molecule has 0 unspecified atom stereocenters. The second-order valence-electron chi connectivity index (χ2n) is 10.6. The van der Waals surface area contributed by atoms with E-state index in [0.29, 0.717) is 11.1 Å². The molecule has 35 heavy (non-hydrogen) atoms. The Bertz CT molecular complexity index is 1620. The molecule has 1 aliphatic carbocycles. The van der Waals surface area contributed by atoms with Crippen molar-refractivity contribution in [3.8, 4) is 0 Å². The fourth-order valence-electron chi connectivity index (χ4n) is 6.01. The van der Waals surface area contributed by atoms with Crippen molar-refractivity contribution in [2.75, 3.05) is 4.90 Å². The maximum Gasteiger partial charge on any atom is 0.198 e. The van der Waals surface area contributed by atoms with Crippen LogP contribution in [0.15, 0.2) is 64.9 Å². The van der Waals surface area contributed by atoms with E-state index in [1.165, 1.54) is 49.2 Å². The van der Waals surface area contributed by atoms with Crippen molar-refractivity contribution >= 4 is 75.1 Å². The zero-order valence-corrected chi connectivity index (χ0v) is 22.6. The summed E-state index contributed by atoms with van der Waals surface area (Å²) in [7, 11) is -1.88. The van der Waals surface area contributed by atoms with Gasteiger partial charge in [0, 0.05) is 37.9 Å². The van der Waals surface area contributed by atoms with Gasteiger partial charge in [0.25, 0.3) is 0 Å². The molecule has 7 rings (SSSR count). The molecule has 0 saturated heterocycles. The monoisotopic (exact) mass is 509 g/mol. The average Bonchev–Trinajstić information content (AvgIpc) is 3.54. The van der Waals surface area contributed by atoms with Crippen molar-refractivity contribution < 1.29 is 9.59 Å². The molecule has 6 heteroatoms. The van der Waals surface area contributed by atoms with Gasteiger partial charge in [-0.1, -0.05) is 63.3 Å². The van der Waals surface area contributed by atoms with Crippen molar-refractivity contribution in [2.45, 2.75) is 32.4 Å². The van der Waals surface area contributed by atoms with Gasteiger partial charge in [0.1, 0.15) is 13.1 Å². The van der Waals surface area contributed by atoms with Crippen LogP contribution >= 0.6 is 22.7 Å². The summed E-state index contributed by atoms with van der Waals surface area (Å²) in [6.45, 7) is 9.48. The Morgan fingerprint density at radius 2 is 1.57 bits per heavy atom. The van der Waals surface area contributed by atoms with E-state index in [2.05, 4.69) is 80.4 Å². The first-order valence-corrected chi connectivity index (χ1v) is 16.5. The number of ketones is 2. The maximum absolute atomic E-state index is 12.9. The molecule has 4 heterocycles. The van der Waals surface area contributed by atoms with E-state index in [0.717, 1.165) is 4.88 Å². The Labute approximate surface area is 213 Å². The minimum absolute atomic E-state index is 0.154. The molecule has 0 saturated carbocycles. The van der Waals surface area contributed by atoms with Gasteiger partial charge in [-0.25, -0.2) is 0 Å². The van der Waals surface area contributed by atoms with Crippen LogP contribution in [-0.2, 0) is 5.41 Å². The van der Waals surface area contributed by atoms with Gasteiger partial charge in [-0.15, -0.1) is 11.3 Å². The molecular weight excluding hydrogens is 487 g/mol. The Morgan fingerprint density at radius 3 is 2.31 bits per heavy atom. The van der Waals surface area contributed by atoms with Crippen LogP contribution in [0.3, 0.4) is 0 Å². The predicted octanol–water partition coefficient (Wildman–Crippen LogP) is 6.52. The fourth-order valence-corrected chi connectivity index (χ4v) is 11.1. The third kappa shape index (κ3) is 2.59. The molecule has 0 atom stereocenters. The van der Waals surface area contributed by atoms with E-state index in [1.54, 1.807) is 22.1 Å². The molecular formula is C29H23NO2S2Si. The number of nitrogens with zero attached hydrogens (tertiary/aromatic N) is 1. The zero-order valence-electron chi connectivity index (χ0n) is 19.9. The van der Waals surface area contributed by atoms with Gasteiger partial charge in [0.2, 0.25) is 0 Å². The molecule has 0 bridgehead atoms. The number of carbonyl (C=O) groups excluding carboxylic acids is 2. The van der Waals surface area contributed by atoms with Crippen molar-refractivity contribution in [1.82, 2.24) is 0 Å². The Balaban J connectivity index is 1.47. The molecule has 4 aromatic rings. The minimum Gasteiger partial charge on any atom is -0.302 e. The number of fused-ring (bicyclic) bond motifs is 5. The predicted molar refractivity (Wildman–Crippen MR) is 149 cm³/mol. The van der Waals surface area contributed by atoms with E-state index in [4.69, 9.17) is 0 Å². The first-order chi connectivity index (χ1) is 16.7. The van der Waals surface area contributed by atoms with Gasteiger partial charge >= 0.3 is 0 Å². The van der Waals surface area contributed by atoms with E-state index >= 15 is 0 Å². The topological polar surface area (TPSA) is 37.4 Å². The number of hydrogen-bond donors (Lipinski definition) is 0. The normalized spacial score (nSPS) is 18.2. The lowest BCUT2D eigenvalue weighted by Crippen LogP contribution is -2.59. The molecule has 2 aliphatic heterocycles. The highest BCUT2D eigenvalue weighted by atomic mass is 32.1. The van der Waals surface area contributed by atoms with E-state index in [1.807, 2.05) is 6.08 Å². The lowest BCUT2D eigenvalue weighted by molar-refractivity contribution is 0.0990. The first kappa shape index (κ1) is 21.2. The van der Waals surface area contributed by atoms with Crippen LogP contribution in [0.2, 0.25) is 13.1 Å². The highest BCUT2D eigenvalue weighted by Gasteiger charge is 2.47. The van der Waals surface area contributed by atoms with Crippen LogP contribution < -0.4 is 15.3 Å². The number of allylic oxidation sites excluding steroid dienone is 1. The van der Waals surface area contributed by atoms with Gasteiger partial charge in [0.05, 0.1) is 11.3 Å². The molecule has 2 aromatic carbocycles.